The van der Waals surface area contributed by atoms with E-state index < -0.39 is 39.6 Å². The molecule has 1 aliphatic rings. The van der Waals surface area contributed by atoms with Crippen LogP contribution in [0.2, 0.25) is 0 Å². The van der Waals surface area contributed by atoms with Crippen molar-refractivity contribution in [2.24, 2.45) is 0 Å². The van der Waals surface area contributed by atoms with Gasteiger partial charge in [0.05, 0.1) is 5.75 Å². The van der Waals surface area contributed by atoms with Crippen LogP contribution in [0.15, 0.2) is 54.7 Å². The van der Waals surface area contributed by atoms with E-state index in [0.717, 1.165) is 10.8 Å². The molecule has 184 valence electrons. The summed E-state index contributed by atoms with van der Waals surface area (Å²) in [5.41, 5.74) is -0.492. The molecule has 1 aliphatic heterocycles. The highest BCUT2D eigenvalue weighted by Gasteiger charge is 2.43. The highest BCUT2D eigenvalue weighted by molar-refractivity contribution is 7.88. The Kier molecular flexibility index (Phi) is 7.67. The molecule has 2 aromatic carbocycles. The second-order valence-electron chi connectivity index (χ2n) is 9.48. The molecule has 1 heterocycles. The van der Waals surface area contributed by atoms with Gasteiger partial charge in [-0.05, 0) is 56.4 Å². The number of carbonyl (C=O) groups is 2. The number of hydrogen-bond donors (Lipinski definition) is 2. The summed E-state index contributed by atoms with van der Waals surface area (Å²) in [5.74, 6) is -1.60. The average Bonchev–Trinajstić information content (AvgIpc) is 3.15. The topological polar surface area (TPSA) is 113 Å². The monoisotopic (exact) mass is 488 g/mol. The molecule has 3 rings (SSSR count). The Hall–Kier alpha value is -2.91. The minimum absolute atomic E-state index is 0.172. The molecule has 0 bridgehead atoms. The van der Waals surface area contributed by atoms with Gasteiger partial charge in [0.25, 0.3) is 5.91 Å². The molecule has 1 fully saturated rings. The molecule has 0 unspecified atom stereocenters. The lowest BCUT2D eigenvalue weighted by molar-refractivity contribution is -0.163. The number of esters is 1. The van der Waals surface area contributed by atoms with Crippen LogP contribution in [0.3, 0.4) is 0 Å². The standard InChI is InChI=1S/C25H32N2O6S/c1-17(26-34(31,32)16-19-10-7-9-18-8-5-6-11-21(18)19)23(29)27-20(14-15-28)12-13-22(27)24(30)33-25(2,3)4/h5-11,20,22,26,28H,1,12-16H2,2-4H3/t20-,22+/m1/s1. The molecular formula is C25H32N2O6S. The Morgan fingerprint density at radius 2 is 1.82 bits per heavy atom. The van der Waals surface area contributed by atoms with Gasteiger partial charge < -0.3 is 14.7 Å². The van der Waals surface area contributed by atoms with Crippen LogP contribution in [-0.4, -0.2) is 54.6 Å². The number of nitrogens with zero attached hydrogens (tertiary/aromatic N) is 1. The van der Waals surface area contributed by atoms with Crippen LogP contribution in [0.25, 0.3) is 10.8 Å². The van der Waals surface area contributed by atoms with Gasteiger partial charge >= 0.3 is 5.97 Å². The van der Waals surface area contributed by atoms with Crippen molar-refractivity contribution in [3.63, 3.8) is 0 Å². The number of aliphatic hydroxyl groups is 1. The SMILES string of the molecule is C=C(NS(=O)(=O)Cc1cccc2ccccc12)C(=O)N1[C@@H](CCO)CC[C@H]1C(=O)OC(C)(C)C. The number of carbonyl (C=O) groups excluding carboxylic acids is 2. The lowest BCUT2D eigenvalue weighted by atomic mass is 10.1. The van der Waals surface area contributed by atoms with Crippen molar-refractivity contribution in [2.75, 3.05) is 6.61 Å². The number of nitrogens with one attached hydrogen (secondary N) is 1. The zero-order valence-electron chi connectivity index (χ0n) is 19.8. The summed E-state index contributed by atoms with van der Waals surface area (Å²) in [4.78, 5) is 27.3. The first-order valence-electron chi connectivity index (χ1n) is 11.2. The maximum atomic E-state index is 13.3. The van der Waals surface area contributed by atoms with Crippen LogP contribution < -0.4 is 4.72 Å². The summed E-state index contributed by atoms with van der Waals surface area (Å²) in [7, 11) is -3.96. The fourth-order valence-electron chi connectivity index (χ4n) is 4.27. The predicted molar refractivity (Wildman–Crippen MR) is 130 cm³/mol. The van der Waals surface area contributed by atoms with E-state index in [4.69, 9.17) is 4.74 Å². The fraction of sp³-hybridized carbons (Fsp3) is 0.440. The summed E-state index contributed by atoms with van der Waals surface area (Å²) < 4.78 is 33.6. The second-order valence-corrected chi connectivity index (χ2v) is 11.2. The Balaban J connectivity index is 1.78. The molecule has 0 aromatic heterocycles. The summed E-state index contributed by atoms with van der Waals surface area (Å²) in [6.07, 6.45) is 1.12. The van der Waals surface area contributed by atoms with Gasteiger partial charge in [0.15, 0.2) is 0 Å². The molecule has 0 spiro atoms. The predicted octanol–water partition coefficient (Wildman–Crippen LogP) is 2.86. The van der Waals surface area contributed by atoms with E-state index in [1.807, 2.05) is 30.3 Å². The number of benzene rings is 2. The van der Waals surface area contributed by atoms with E-state index in [9.17, 15) is 23.1 Å². The molecule has 0 aliphatic carbocycles. The van der Waals surface area contributed by atoms with Crippen molar-refractivity contribution in [3.8, 4) is 0 Å². The first-order chi connectivity index (χ1) is 15.9. The number of rotatable bonds is 8. The first kappa shape index (κ1) is 25.7. The Bertz CT molecular complexity index is 1180. The quantitative estimate of drug-likeness (QED) is 0.436. The summed E-state index contributed by atoms with van der Waals surface area (Å²) in [6.45, 7) is 8.68. The van der Waals surface area contributed by atoms with Gasteiger partial charge in [-0.1, -0.05) is 49.0 Å². The second kappa shape index (κ2) is 10.1. The highest BCUT2D eigenvalue weighted by atomic mass is 32.2. The molecule has 34 heavy (non-hydrogen) atoms. The minimum atomic E-state index is -3.96. The third kappa shape index (κ3) is 6.15. The molecule has 8 nitrogen and oxygen atoms in total. The van der Waals surface area contributed by atoms with Crippen molar-refractivity contribution in [2.45, 2.75) is 63.5 Å². The number of amides is 1. The molecule has 9 heteroatoms. The number of aliphatic hydroxyl groups excluding tert-OH is 1. The largest absolute Gasteiger partial charge is 0.458 e. The fourth-order valence-corrected chi connectivity index (χ4v) is 5.47. The van der Waals surface area contributed by atoms with E-state index in [1.165, 1.54) is 4.90 Å². The van der Waals surface area contributed by atoms with Crippen molar-refractivity contribution >= 4 is 32.7 Å². The third-order valence-corrected chi connectivity index (χ3v) is 6.89. The number of fused-ring (bicyclic) bond motifs is 1. The van der Waals surface area contributed by atoms with Gasteiger partial charge in [-0.2, -0.15) is 0 Å². The summed E-state index contributed by atoms with van der Waals surface area (Å²) in [5, 5.41) is 11.1. The molecule has 0 saturated carbocycles. The maximum absolute atomic E-state index is 13.3. The van der Waals surface area contributed by atoms with Gasteiger partial charge in [-0.25, -0.2) is 13.2 Å². The third-order valence-electron chi connectivity index (χ3n) is 5.64. The minimum Gasteiger partial charge on any atom is -0.458 e. The lowest BCUT2D eigenvalue weighted by Gasteiger charge is -2.31. The number of hydrogen-bond acceptors (Lipinski definition) is 6. The molecule has 1 saturated heterocycles. The van der Waals surface area contributed by atoms with Crippen LogP contribution >= 0.6 is 0 Å². The molecule has 2 aromatic rings. The van der Waals surface area contributed by atoms with Crippen LogP contribution in [-0.2, 0) is 30.1 Å². The van der Waals surface area contributed by atoms with Crippen molar-refractivity contribution < 1.29 is 27.9 Å². The van der Waals surface area contributed by atoms with Gasteiger partial charge in [-0.3, -0.25) is 9.52 Å². The molecule has 0 radical (unpaired) electrons. The van der Waals surface area contributed by atoms with Crippen molar-refractivity contribution in [1.29, 1.82) is 0 Å². The Morgan fingerprint density at radius 1 is 1.15 bits per heavy atom. The summed E-state index contributed by atoms with van der Waals surface area (Å²) >= 11 is 0. The van der Waals surface area contributed by atoms with E-state index in [1.54, 1.807) is 32.9 Å². The van der Waals surface area contributed by atoms with Gasteiger partial charge in [0.2, 0.25) is 10.0 Å². The Morgan fingerprint density at radius 3 is 2.50 bits per heavy atom. The molecule has 1 amide bonds. The van der Waals surface area contributed by atoms with E-state index in [2.05, 4.69) is 11.3 Å². The highest BCUT2D eigenvalue weighted by Crippen LogP contribution is 2.30. The smallest absolute Gasteiger partial charge is 0.329 e. The van der Waals surface area contributed by atoms with Gasteiger partial charge in [0.1, 0.15) is 17.3 Å². The summed E-state index contributed by atoms with van der Waals surface area (Å²) in [6, 6.07) is 11.6. The Labute approximate surface area is 200 Å². The first-order valence-corrected chi connectivity index (χ1v) is 12.9. The molecule has 2 atom stereocenters. The molecular weight excluding hydrogens is 456 g/mol. The number of ether oxygens (including phenoxy) is 1. The zero-order chi connectivity index (χ0) is 25.1. The number of sulfonamides is 1. The van der Waals surface area contributed by atoms with Gasteiger partial charge in [0, 0.05) is 12.6 Å². The van der Waals surface area contributed by atoms with Crippen molar-refractivity contribution in [3.05, 3.63) is 60.3 Å². The van der Waals surface area contributed by atoms with Crippen molar-refractivity contribution in [1.82, 2.24) is 9.62 Å². The van der Waals surface area contributed by atoms with Crippen LogP contribution in [0.5, 0.6) is 0 Å². The normalized spacial score (nSPS) is 18.6. The lowest BCUT2D eigenvalue weighted by Crippen LogP contribution is -2.49. The average molecular weight is 489 g/mol. The van der Waals surface area contributed by atoms with Gasteiger partial charge in [-0.15, -0.1) is 0 Å². The van der Waals surface area contributed by atoms with E-state index in [0.29, 0.717) is 18.4 Å². The zero-order valence-corrected chi connectivity index (χ0v) is 20.6. The van der Waals surface area contributed by atoms with E-state index in [-0.39, 0.29) is 24.5 Å². The van der Waals surface area contributed by atoms with Crippen LogP contribution in [0.1, 0.15) is 45.6 Å². The van der Waals surface area contributed by atoms with Crippen LogP contribution in [0, 0.1) is 0 Å². The molecule has 2 N–H and O–H groups in total. The van der Waals surface area contributed by atoms with Crippen LogP contribution in [0.4, 0.5) is 0 Å². The maximum Gasteiger partial charge on any atom is 0.329 e. The van der Waals surface area contributed by atoms with E-state index >= 15 is 0 Å². The number of likely N-dealkylation sites (tertiary alicyclic amines) is 1.